The summed E-state index contributed by atoms with van der Waals surface area (Å²) in [6.45, 7) is 7.58. The third kappa shape index (κ3) is 5.92. The number of carboxylic acid groups (broad SMARTS) is 1. The lowest BCUT2D eigenvalue weighted by atomic mass is 9.88. The lowest BCUT2D eigenvalue weighted by Crippen LogP contribution is -2.46. The van der Waals surface area contributed by atoms with Crippen LogP contribution in [0.4, 0.5) is 4.79 Å². The predicted octanol–water partition coefficient (Wildman–Crippen LogP) is 4.17. The highest BCUT2D eigenvalue weighted by Gasteiger charge is 2.30. The second-order valence-corrected chi connectivity index (χ2v) is 9.65. The summed E-state index contributed by atoms with van der Waals surface area (Å²) >= 11 is 0. The first-order valence-corrected chi connectivity index (χ1v) is 11.2. The van der Waals surface area contributed by atoms with E-state index in [1.165, 1.54) is 0 Å². The Labute approximate surface area is 194 Å². The van der Waals surface area contributed by atoms with Gasteiger partial charge in [-0.1, -0.05) is 76.2 Å². The summed E-state index contributed by atoms with van der Waals surface area (Å²) in [7, 11) is 0. The zero-order valence-electron chi connectivity index (χ0n) is 19.6. The minimum absolute atomic E-state index is 0.0223. The van der Waals surface area contributed by atoms with E-state index in [9.17, 15) is 19.5 Å². The number of amides is 2. The number of carboxylic acids is 1. The van der Waals surface area contributed by atoms with Gasteiger partial charge in [0.1, 0.15) is 12.6 Å². The first kappa shape index (κ1) is 24.3. The topological polar surface area (TPSA) is 105 Å². The van der Waals surface area contributed by atoms with Crippen molar-refractivity contribution < 1.29 is 24.2 Å². The Morgan fingerprint density at radius 1 is 1.00 bits per heavy atom. The van der Waals surface area contributed by atoms with Gasteiger partial charge in [0.05, 0.1) is 0 Å². The average molecular weight is 453 g/mol. The van der Waals surface area contributed by atoms with Crippen LogP contribution >= 0.6 is 0 Å². The molecule has 0 saturated carbocycles. The van der Waals surface area contributed by atoms with Gasteiger partial charge < -0.3 is 20.5 Å². The van der Waals surface area contributed by atoms with Gasteiger partial charge in [0.2, 0.25) is 5.91 Å². The average Bonchev–Trinajstić information content (AvgIpc) is 3.08. The van der Waals surface area contributed by atoms with Gasteiger partial charge in [-0.15, -0.1) is 0 Å². The van der Waals surface area contributed by atoms with E-state index in [-0.39, 0.29) is 37.3 Å². The summed E-state index contributed by atoms with van der Waals surface area (Å²) in [5.41, 5.74) is 4.03. The van der Waals surface area contributed by atoms with Gasteiger partial charge >= 0.3 is 12.1 Å². The summed E-state index contributed by atoms with van der Waals surface area (Å²) in [4.78, 5) is 36.0. The number of benzene rings is 2. The van der Waals surface area contributed by atoms with Crippen LogP contribution < -0.4 is 10.6 Å². The molecule has 0 fully saturated rings. The van der Waals surface area contributed by atoms with Crippen LogP contribution in [0.5, 0.6) is 0 Å². The predicted molar refractivity (Wildman–Crippen MR) is 126 cm³/mol. The van der Waals surface area contributed by atoms with Crippen LogP contribution in [-0.2, 0) is 14.3 Å². The SMILES string of the molecule is CC(C)C(NC(=O)CC(C)(C)CNC(=O)OCC1c2ccccc2-c2ccccc21)C(=O)O. The number of carbonyl (C=O) groups excluding carboxylic acids is 2. The molecule has 0 radical (unpaired) electrons. The van der Waals surface area contributed by atoms with E-state index in [0.29, 0.717) is 0 Å². The molecule has 33 heavy (non-hydrogen) atoms. The molecule has 1 aliphatic rings. The normalized spacial score (nSPS) is 13.7. The molecule has 0 aliphatic heterocycles. The number of carbonyl (C=O) groups is 3. The summed E-state index contributed by atoms with van der Waals surface area (Å²) < 4.78 is 5.54. The van der Waals surface area contributed by atoms with Crippen molar-refractivity contribution in [1.29, 1.82) is 0 Å². The molecule has 0 aromatic heterocycles. The molecule has 176 valence electrons. The van der Waals surface area contributed by atoms with E-state index in [0.717, 1.165) is 22.3 Å². The maximum Gasteiger partial charge on any atom is 0.407 e. The van der Waals surface area contributed by atoms with Crippen molar-refractivity contribution in [2.45, 2.75) is 46.1 Å². The standard InChI is InChI=1S/C26H32N2O5/c1-16(2)23(24(30)31)28-22(29)13-26(3,4)15-27-25(32)33-14-21-19-11-7-5-9-17(19)18-10-6-8-12-20(18)21/h5-12,16,21,23H,13-15H2,1-4H3,(H,27,32)(H,28,29)(H,30,31). The van der Waals surface area contributed by atoms with Crippen molar-refractivity contribution in [3.05, 3.63) is 59.7 Å². The number of hydrogen-bond donors (Lipinski definition) is 3. The highest BCUT2D eigenvalue weighted by Crippen LogP contribution is 2.44. The molecule has 7 nitrogen and oxygen atoms in total. The summed E-state index contributed by atoms with van der Waals surface area (Å²) in [6, 6.07) is 15.3. The molecular weight excluding hydrogens is 420 g/mol. The van der Waals surface area contributed by atoms with Gasteiger partial charge in [-0.05, 0) is 33.6 Å². The minimum atomic E-state index is -1.06. The minimum Gasteiger partial charge on any atom is -0.480 e. The molecule has 2 aromatic rings. The first-order chi connectivity index (χ1) is 15.6. The summed E-state index contributed by atoms with van der Waals surface area (Å²) in [5.74, 6) is -1.68. The molecule has 2 aromatic carbocycles. The van der Waals surface area contributed by atoms with Gasteiger partial charge in [0.25, 0.3) is 0 Å². The third-order valence-corrected chi connectivity index (χ3v) is 5.94. The maximum absolute atomic E-state index is 12.4. The van der Waals surface area contributed by atoms with Crippen molar-refractivity contribution in [2.75, 3.05) is 13.2 Å². The number of rotatable bonds is 9. The third-order valence-electron chi connectivity index (χ3n) is 5.94. The van der Waals surface area contributed by atoms with Crippen LogP contribution in [0.1, 0.15) is 51.2 Å². The monoisotopic (exact) mass is 452 g/mol. The van der Waals surface area contributed by atoms with Crippen LogP contribution in [0.25, 0.3) is 11.1 Å². The van der Waals surface area contributed by atoms with E-state index >= 15 is 0 Å². The number of aliphatic carboxylic acids is 1. The van der Waals surface area contributed by atoms with Crippen LogP contribution in [-0.4, -0.2) is 42.3 Å². The molecular formula is C26H32N2O5. The Morgan fingerprint density at radius 3 is 2.06 bits per heavy atom. The van der Waals surface area contributed by atoms with Gasteiger partial charge in [-0.2, -0.15) is 0 Å². The molecule has 3 N–H and O–H groups in total. The lowest BCUT2D eigenvalue weighted by Gasteiger charge is -2.26. The smallest absolute Gasteiger partial charge is 0.407 e. The molecule has 3 rings (SSSR count). The Hall–Kier alpha value is -3.35. The number of fused-ring (bicyclic) bond motifs is 3. The molecule has 0 spiro atoms. The van der Waals surface area contributed by atoms with Gasteiger partial charge in [-0.3, -0.25) is 4.79 Å². The van der Waals surface area contributed by atoms with Crippen LogP contribution in [0.2, 0.25) is 0 Å². The summed E-state index contributed by atoms with van der Waals surface area (Å²) in [6.07, 6.45) is -0.469. The number of nitrogens with one attached hydrogen (secondary N) is 2. The van der Waals surface area contributed by atoms with Crippen molar-refractivity contribution in [3.63, 3.8) is 0 Å². The molecule has 0 bridgehead atoms. The lowest BCUT2D eigenvalue weighted by molar-refractivity contribution is -0.143. The molecule has 1 unspecified atom stereocenters. The zero-order valence-corrected chi connectivity index (χ0v) is 19.6. The van der Waals surface area contributed by atoms with Crippen molar-refractivity contribution in [1.82, 2.24) is 10.6 Å². The maximum atomic E-state index is 12.4. The number of ether oxygens (including phenoxy) is 1. The first-order valence-electron chi connectivity index (χ1n) is 11.2. The van der Waals surface area contributed by atoms with Crippen LogP contribution in [0.15, 0.2) is 48.5 Å². The Kier molecular flexibility index (Phi) is 7.41. The fourth-order valence-corrected chi connectivity index (χ4v) is 4.20. The van der Waals surface area contributed by atoms with Gasteiger partial charge in [0.15, 0.2) is 0 Å². The zero-order chi connectivity index (χ0) is 24.2. The Balaban J connectivity index is 1.52. The fraction of sp³-hybridized carbons (Fsp3) is 0.423. The van der Waals surface area contributed by atoms with Crippen molar-refractivity contribution >= 4 is 18.0 Å². The molecule has 1 aliphatic carbocycles. The number of hydrogen-bond acceptors (Lipinski definition) is 4. The molecule has 7 heteroatoms. The van der Waals surface area contributed by atoms with Crippen LogP contribution in [0, 0.1) is 11.3 Å². The Bertz CT molecular complexity index is 985. The van der Waals surface area contributed by atoms with Gasteiger partial charge in [-0.25, -0.2) is 9.59 Å². The van der Waals surface area contributed by atoms with E-state index in [2.05, 4.69) is 34.9 Å². The highest BCUT2D eigenvalue weighted by atomic mass is 16.5. The number of alkyl carbamates (subject to hydrolysis) is 1. The van der Waals surface area contributed by atoms with Crippen molar-refractivity contribution in [3.8, 4) is 11.1 Å². The fourth-order valence-electron chi connectivity index (χ4n) is 4.20. The van der Waals surface area contributed by atoms with E-state index in [1.54, 1.807) is 13.8 Å². The van der Waals surface area contributed by atoms with Gasteiger partial charge in [0, 0.05) is 18.9 Å². The Morgan fingerprint density at radius 2 is 1.55 bits per heavy atom. The molecule has 1 atom stereocenters. The second-order valence-electron chi connectivity index (χ2n) is 9.65. The van der Waals surface area contributed by atoms with Crippen molar-refractivity contribution in [2.24, 2.45) is 11.3 Å². The largest absolute Gasteiger partial charge is 0.480 e. The second kappa shape index (κ2) is 10.1. The molecule has 2 amide bonds. The van der Waals surface area contributed by atoms with E-state index < -0.39 is 23.5 Å². The quantitative estimate of drug-likeness (QED) is 0.530. The van der Waals surface area contributed by atoms with E-state index in [1.807, 2.05) is 38.1 Å². The van der Waals surface area contributed by atoms with E-state index in [4.69, 9.17) is 4.74 Å². The van der Waals surface area contributed by atoms with Crippen LogP contribution in [0.3, 0.4) is 0 Å². The summed E-state index contributed by atoms with van der Waals surface area (Å²) in [5, 5.41) is 14.6. The highest BCUT2D eigenvalue weighted by molar-refractivity contribution is 5.84. The molecule has 0 saturated heterocycles. The molecule has 0 heterocycles.